The second-order valence-corrected chi connectivity index (χ2v) is 5.26. The summed E-state index contributed by atoms with van der Waals surface area (Å²) in [7, 11) is 3.00. The smallest absolute Gasteiger partial charge is 0.328 e. The largest absolute Gasteiger partial charge is 0.382 e. The Morgan fingerprint density at radius 1 is 0.920 bits per heavy atom. The third-order valence-corrected chi connectivity index (χ3v) is 3.57. The van der Waals surface area contributed by atoms with Crippen LogP contribution >= 0.6 is 15.9 Å². The summed E-state index contributed by atoms with van der Waals surface area (Å²) in [6, 6.07) is 6.76. The summed E-state index contributed by atoms with van der Waals surface area (Å²) in [5.41, 5.74) is -0.720. The van der Waals surface area contributed by atoms with Crippen molar-refractivity contribution in [3.63, 3.8) is 0 Å². The third-order valence-electron chi connectivity index (χ3n) is 2.96. The molecular formula is C14H13BrF2N4O4. The minimum atomic E-state index is -0.864. The van der Waals surface area contributed by atoms with E-state index in [2.05, 4.69) is 26.6 Å². The van der Waals surface area contributed by atoms with Crippen molar-refractivity contribution in [3.8, 4) is 0 Å². The molecule has 2 N–H and O–H groups in total. The van der Waals surface area contributed by atoms with Crippen LogP contribution in [0.2, 0.25) is 0 Å². The maximum Gasteiger partial charge on any atom is 0.328 e. The van der Waals surface area contributed by atoms with E-state index in [4.69, 9.17) is 0 Å². The van der Waals surface area contributed by atoms with Crippen molar-refractivity contribution in [1.29, 1.82) is 0 Å². The number of hydrogen-bond donors (Lipinski definition) is 2. The highest BCUT2D eigenvalue weighted by atomic mass is 79.9. The Labute approximate surface area is 149 Å². The standard InChI is InChI=1S/C7H6BrFN2O2.C7H7FN2O2/c1-10-5-3-2-4(8)6(9)7(5)11(12)13;1-9-6-4-2-3-5(8)7(6)10(11)12/h2-3,10H,1H3;2-4,9H,1H3. The van der Waals surface area contributed by atoms with Crippen molar-refractivity contribution in [1.82, 2.24) is 0 Å². The van der Waals surface area contributed by atoms with Crippen LogP contribution in [-0.2, 0) is 0 Å². The first-order valence-electron chi connectivity index (χ1n) is 6.65. The van der Waals surface area contributed by atoms with Crippen molar-refractivity contribution in [2.45, 2.75) is 0 Å². The topological polar surface area (TPSA) is 110 Å². The fourth-order valence-corrected chi connectivity index (χ4v) is 2.14. The van der Waals surface area contributed by atoms with Crippen LogP contribution in [0.1, 0.15) is 0 Å². The first kappa shape index (κ1) is 20.2. The molecule has 0 spiro atoms. The monoisotopic (exact) mass is 418 g/mol. The van der Waals surface area contributed by atoms with Gasteiger partial charge in [-0.05, 0) is 40.2 Å². The van der Waals surface area contributed by atoms with E-state index in [-0.39, 0.29) is 15.8 Å². The quantitative estimate of drug-likeness (QED) is 0.565. The molecule has 0 bridgehead atoms. The lowest BCUT2D eigenvalue weighted by molar-refractivity contribution is -0.386. The van der Waals surface area contributed by atoms with Gasteiger partial charge in [0.15, 0.2) is 0 Å². The summed E-state index contributed by atoms with van der Waals surface area (Å²) in [5.74, 6) is -1.69. The average molecular weight is 419 g/mol. The van der Waals surface area contributed by atoms with E-state index in [0.717, 1.165) is 6.07 Å². The average Bonchev–Trinajstić information content (AvgIpc) is 2.56. The van der Waals surface area contributed by atoms with Crippen LogP contribution < -0.4 is 10.6 Å². The number of benzene rings is 2. The molecule has 2 rings (SSSR count). The van der Waals surface area contributed by atoms with Crippen LogP contribution in [0.5, 0.6) is 0 Å². The van der Waals surface area contributed by atoms with Crippen molar-refractivity contribution in [2.24, 2.45) is 0 Å². The Morgan fingerprint density at radius 3 is 1.88 bits per heavy atom. The maximum atomic E-state index is 13.2. The fourth-order valence-electron chi connectivity index (χ4n) is 1.82. The van der Waals surface area contributed by atoms with E-state index < -0.39 is 32.9 Å². The van der Waals surface area contributed by atoms with E-state index >= 15 is 0 Å². The van der Waals surface area contributed by atoms with E-state index in [1.807, 2.05) is 0 Å². The molecule has 0 unspecified atom stereocenters. The van der Waals surface area contributed by atoms with Gasteiger partial charge in [0.2, 0.25) is 11.6 Å². The van der Waals surface area contributed by atoms with E-state index in [0.29, 0.717) is 0 Å². The number of anilines is 2. The van der Waals surface area contributed by atoms with Gasteiger partial charge in [-0.3, -0.25) is 20.2 Å². The molecule has 0 atom stereocenters. The Bertz CT molecular complexity index is 805. The maximum absolute atomic E-state index is 13.2. The predicted molar refractivity (Wildman–Crippen MR) is 92.9 cm³/mol. The molecule has 0 radical (unpaired) electrons. The molecule has 2 aromatic rings. The normalized spacial score (nSPS) is 9.64. The first-order valence-corrected chi connectivity index (χ1v) is 7.44. The minimum absolute atomic E-state index is 0.0817. The minimum Gasteiger partial charge on any atom is -0.382 e. The molecule has 0 amide bonds. The van der Waals surface area contributed by atoms with Gasteiger partial charge in [0.05, 0.1) is 14.3 Å². The summed E-state index contributed by atoms with van der Waals surface area (Å²) in [4.78, 5) is 19.3. The van der Waals surface area contributed by atoms with Crippen LogP contribution in [0.3, 0.4) is 0 Å². The fraction of sp³-hybridized carbons (Fsp3) is 0.143. The summed E-state index contributed by atoms with van der Waals surface area (Å²) < 4.78 is 26.1. The molecule has 134 valence electrons. The Balaban J connectivity index is 0.000000251. The second kappa shape index (κ2) is 8.87. The van der Waals surface area contributed by atoms with Crippen LogP contribution in [-0.4, -0.2) is 23.9 Å². The lowest BCUT2D eigenvalue weighted by atomic mass is 10.2. The molecule has 0 fully saturated rings. The van der Waals surface area contributed by atoms with Gasteiger partial charge in [0.1, 0.15) is 11.4 Å². The van der Waals surface area contributed by atoms with Gasteiger partial charge in [-0.15, -0.1) is 0 Å². The Morgan fingerprint density at radius 2 is 1.44 bits per heavy atom. The predicted octanol–water partition coefficient (Wildman–Crippen LogP) is 4.31. The van der Waals surface area contributed by atoms with Gasteiger partial charge < -0.3 is 10.6 Å². The van der Waals surface area contributed by atoms with E-state index in [1.54, 1.807) is 0 Å². The second-order valence-electron chi connectivity index (χ2n) is 4.41. The van der Waals surface area contributed by atoms with Crippen LogP contribution in [0.25, 0.3) is 0 Å². The summed E-state index contributed by atoms with van der Waals surface area (Å²) >= 11 is 2.87. The molecule has 0 heterocycles. The number of nitrogens with one attached hydrogen (secondary N) is 2. The molecule has 8 nitrogen and oxygen atoms in total. The third kappa shape index (κ3) is 4.83. The molecule has 0 aliphatic heterocycles. The zero-order chi connectivity index (χ0) is 19.1. The number of nitro groups is 2. The van der Waals surface area contributed by atoms with Crippen LogP contribution in [0.15, 0.2) is 34.8 Å². The van der Waals surface area contributed by atoms with Gasteiger partial charge in [0.25, 0.3) is 0 Å². The number of para-hydroxylation sites is 1. The lowest BCUT2D eigenvalue weighted by Gasteiger charge is -2.03. The van der Waals surface area contributed by atoms with E-state index in [9.17, 15) is 29.0 Å². The summed E-state index contributed by atoms with van der Waals surface area (Å²) in [5, 5.41) is 25.9. The van der Waals surface area contributed by atoms with Gasteiger partial charge in [-0.2, -0.15) is 8.78 Å². The first-order chi connectivity index (χ1) is 11.7. The Hall–Kier alpha value is -2.82. The zero-order valence-corrected chi connectivity index (χ0v) is 14.6. The summed E-state index contributed by atoms with van der Waals surface area (Å²) in [6.07, 6.45) is 0. The molecule has 25 heavy (non-hydrogen) atoms. The van der Waals surface area contributed by atoms with Gasteiger partial charge in [0, 0.05) is 14.1 Å². The van der Waals surface area contributed by atoms with Gasteiger partial charge in [-0.1, -0.05) is 6.07 Å². The van der Waals surface area contributed by atoms with Crippen LogP contribution in [0, 0.1) is 31.9 Å². The highest BCUT2D eigenvalue weighted by Crippen LogP contribution is 2.32. The molecule has 0 saturated carbocycles. The molecule has 0 saturated heterocycles. The van der Waals surface area contributed by atoms with Crippen LogP contribution in [0.4, 0.5) is 31.5 Å². The molecule has 0 aliphatic rings. The highest BCUT2D eigenvalue weighted by molar-refractivity contribution is 9.10. The van der Waals surface area contributed by atoms with Gasteiger partial charge >= 0.3 is 11.4 Å². The molecular weight excluding hydrogens is 406 g/mol. The number of nitrogens with zero attached hydrogens (tertiary/aromatic N) is 2. The SMILES string of the molecule is CNc1ccc(Br)c(F)c1[N+](=O)[O-].CNc1cccc(F)c1[N+](=O)[O-]. The lowest BCUT2D eigenvalue weighted by Crippen LogP contribution is -1.99. The van der Waals surface area contributed by atoms with Crippen molar-refractivity contribution < 1.29 is 18.6 Å². The van der Waals surface area contributed by atoms with Gasteiger partial charge in [-0.25, -0.2) is 0 Å². The molecule has 11 heteroatoms. The van der Waals surface area contributed by atoms with Crippen molar-refractivity contribution in [3.05, 3.63) is 66.7 Å². The highest BCUT2D eigenvalue weighted by Gasteiger charge is 2.21. The number of hydrogen-bond acceptors (Lipinski definition) is 6. The molecule has 2 aromatic carbocycles. The molecule has 0 aliphatic carbocycles. The molecule has 0 aromatic heterocycles. The number of rotatable bonds is 4. The van der Waals surface area contributed by atoms with Crippen molar-refractivity contribution >= 4 is 38.7 Å². The number of halogens is 3. The van der Waals surface area contributed by atoms with Crippen molar-refractivity contribution in [2.75, 3.05) is 24.7 Å². The zero-order valence-electron chi connectivity index (χ0n) is 13.0. The number of nitro benzene ring substituents is 2. The summed E-state index contributed by atoms with van der Waals surface area (Å²) in [6.45, 7) is 0. The Kier molecular flexibility index (Phi) is 7.18. The van der Waals surface area contributed by atoms with E-state index in [1.165, 1.54) is 38.4 Å².